The topological polar surface area (TPSA) is 56.5 Å². The quantitative estimate of drug-likeness (QED) is 0.878. The number of rotatable bonds is 3. The highest BCUT2D eigenvalue weighted by Gasteiger charge is 2.18. The Hall–Kier alpha value is -1.57. The van der Waals surface area contributed by atoms with E-state index in [1.807, 2.05) is 12.1 Å². The average molecular weight is 246 g/mol. The number of hydrogen-bond donors (Lipinski definition) is 1. The molecule has 0 saturated carbocycles. The van der Waals surface area contributed by atoms with Crippen molar-refractivity contribution in [2.45, 2.75) is 25.5 Å². The van der Waals surface area contributed by atoms with E-state index in [9.17, 15) is 5.11 Å². The van der Waals surface area contributed by atoms with Crippen LogP contribution in [0.4, 0.5) is 0 Å². The number of nitriles is 1. The zero-order chi connectivity index (χ0) is 13.0. The van der Waals surface area contributed by atoms with Crippen molar-refractivity contribution in [2.24, 2.45) is 0 Å². The van der Waals surface area contributed by atoms with Gasteiger partial charge >= 0.3 is 0 Å². The number of nitrogens with zero attached hydrogens (tertiary/aromatic N) is 2. The second kappa shape index (κ2) is 5.85. The fourth-order valence-electron chi connectivity index (χ4n) is 2.29. The summed E-state index contributed by atoms with van der Waals surface area (Å²) in [4.78, 5) is 2.28. The van der Waals surface area contributed by atoms with Crippen molar-refractivity contribution >= 4 is 0 Å². The second-order valence-corrected chi connectivity index (χ2v) is 4.65. The SMILES string of the molecule is COc1ccc(C#N)cc1CN1CCC(O)CC1. The van der Waals surface area contributed by atoms with E-state index in [-0.39, 0.29) is 6.10 Å². The smallest absolute Gasteiger partial charge is 0.123 e. The van der Waals surface area contributed by atoms with Gasteiger partial charge in [-0.05, 0) is 31.0 Å². The average Bonchev–Trinajstić information content (AvgIpc) is 2.41. The minimum Gasteiger partial charge on any atom is -0.496 e. The normalized spacial score (nSPS) is 17.4. The number of ether oxygens (including phenoxy) is 1. The van der Waals surface area contributed by atoms with Crippen LogP contribution in [0.25, 0.3) is 0 Å². The van der Waals surface area contributed by atoms with Crippen molar-refractivity contribution in [3.8, 4) is 11.8 Å². The Morgan fingerprint density at radius 2 is 2.17 bits per heavy atom. The van der Waals surface area contributed by atoms with Gasteiger partial charge in [0.25, 0.3) is 0 Å². The molecule has 0 bridgehead atoms. The van der Waals surface area contributed by atoms with E-state index in [2.05, 4.69) is 11.0 Å². The van der Waals surface area contributed by atoms with Crippen molar-refractivity contribution in [3.05, 3.63) is 29.3 Å². The molecule has 1 aromatic rings. The zero-order valence-corrected chi connectivity index (χ0v) is 10.6. The maximum absolute atomic E-state index is 9.48. The van der Waals surface area contributed by atoms with Crippen molar-refractivity contribution in [1.82, 2.24) is 4.90 Å². The van der Waals surface area contributed by atoms with Gasteiger partial charge in [-0.2, -0.15) is 5.26 Å². The molecular weight excluding hydrogens is 228 g/mol. The zero-order valence-electron chi connectivity index (χ0n) is 10.6. The Labute approximate surface area is 107 Å². The van der Waals surface area contributed by atoms with Crippen LogP contribution in [-0.2, 0) is 6.54 Å². The fourth-order valence-corrected chi connectivity index (χ4v) is 2.29. The third-order valence-corrected chi connectivity index (χ3v) is 3.36. The molecular formula is C14H18N2O2. The maximum atomic E-state index is 9.48. The summed E-state index contributed by atoms with van der Waals surface area (Å²) >= 11 is 0. The number of methoxy groups -OCH3 is 1. The lowest BCUT2D eigenvalue weighted by atomic mass is 10.1. The van der Waals surface area contributed by atoms with Gasteiger partial charge in [0.15, 0.2) is 0 Å². The summed E-state index contributed by atoms with van der Waals surface area (Å²) < 4.78 is 5.32. The molecule has 1 heterocycles. The first-order valence-corrected chi connectivity index (χ1v) is 6.20. The van der Waals surface area contributed by atoms with Gasteiger partial charge in [-0.15, -0.1) is 0 Å². The Balaban J connectivity index is 2.10. The van der Waals surface area contributed by atoms with Crippen LogP contribution in [0.2, 0.25) is 0 Å². The summed E-state index contributed by atoms with van der Waals surface area (Å²) in [6.45, 7) is 2.55. The molecule has 96 valence electrons. The van der Waals surface area contributed by atoms with Gasteiger partial charge in [-0.3, -0.25) is 4.90 Å². The number of benzene rings is 1. The Morgan fingerprint density at radius 1 is 1.44 bits per heavy atom. The summed E-state index contributed by atoms with van der Waals surface area (Å²) in [5, 5.41) is 18.4. The lowest BCUT2D eigenvalue weighted by Gasteiger charge is -2.29. The van der Waals surface area contributed by atoms with Crippen LogP contribution in [0.3, 0.4) is 0 Å². The molecule has 1 aliphatic heterocycles. The van der Waals surface area contributed by atoms with Crippen molar-refractivity contribution in [3.63, 3.8) is 0 Å². The molecule has 4 nitrogen and oxygen atoms in total. The molecule has 0 amide bonds. The van der Waals surface area contributed by atoms with Crippen molar-refractivity contribution in [2.75, 3.05) is 20.2 Å². The van der Waals surface area contributed by atoms with Crippen LogP contribution in [0, 0.1) is 11.3 Å². The van der Waals surface area contributed by atoms with Gasteiger partial charge in [0, 0.05) is 25.2 Å². The highest BCUT2D eigenvalue weighted by molar-refractivity contribution is 5.42. The van der Waals surface area contributed by atoms with Gasteiger partial charge in [-0.1, -0.05) is 0 Å². The van der Waals surface area contributed by atoms with Crippen LogP contribution < -0.4 is 4.74 Å². The summed E-state index contributed by atoms with van der Waals surface area (Å²) in [5.41, 5.74) is 1.69. The van der Waals surface area contributed by atoms with E-state index in [0.717, 1.165) is 43.8 Å². The highest BCUT2D eigenvalue weighted by atomic mass is 16.5. The lowest BCUT2D eigenvalue weighted by Crippen LogP contribution is -2.35. The Kier molecular flexibility index (Phi) is 4.19. The van der Waals surface area contributed by atoms with E-state index < -0.39 is 0 Å². The molecule has 0 spiro atoms. The minimum absolute atomic E-state index is 0.159. The molecule has 4 heteroatoms. The van der Waals surface area contributed by atoms with Gasteiger partial charge in [-0.25, -0.2) is 0 Å². The molecule has 0 atom stereocenters. The first-order chi connectivity index (χ1) is 8.72. The molecule has 1 aromatic carbocycles. The van der Waals surface area contributed by atoms with Crippen LogP contribution in [0.5, 0.6) is 5.75 Å². The van der Waals surface area contributed by atoms with E-state index in [0.29, 0.717) is 5.56 Å². The molecule has 1 fully saturated rings. The van der Waals surface area contributed by atoms with Crippen LogP contribution in [-0.4, -0.2) is 36.3 Å². The summed E-state index contributed by atoms with van der Waals surface area (Å²) in [5.74, 6) is 0.820. The summed E-state index contributed by atoms with van der Waals surface area (Å²) in [7, 11) is 1.64. The molecule has 1 aliphatic rings. The van der Waals surface area contributed by atoms with Gasteiger partial charge in [0.2, 0.25) is 0 Å². The fraction of sp³-hybridized carbons (Fsp3) is 0.500. The first kappa shape index (κ1) is 12.9. The second-order valence-electron chi connectivity index (χ2n) is 4.65. The largest absolute Gasteiger partial charge is 0.496 e. The van der Waals surface area contributed by atoms with Gasteiger partial charge < -0.3 is 9.84 Å². The molecule has 1 N–H and O–H groups in total. The highest BCUT2D eigenvalue weighted by Crippen LogP contribution is 2.23. The number of piperidine rings is 1. The molecule has 2 rings (SSSR count). The predicted molar refractivity (Wildman–Crippen MR) is 68.2 cm³/mol. The molecule has 0 radical (unpaired) electrons. The summed E-state index contributed by atoms with van der Waals surface area (Å²) in [6, 6.07) is 7.63. The molecule has 0 unspecified atom stereocenters. The van der Waals surface area contributed by atoms with Crippen LogP contribution >= 0.6 is 0 Å². The number of aliphatic hydroxyl groups is 1. The van der Waals surface area contributed by atoms with E-state index in [1.54, 1.807) is 13.2 Å². The molecule has 18 heavy (non-hydrogen) atoms. The van der Waals surface area contributed by atoms with E-state index in [4.69, 9.17) is 10.00 Å². The molecule has 0 aromatic heterocycles. The first-order valence-electron chi connectivity index (χ1n) is 6.20. The Morgan fingerprint density at radius 3 is 2.78 bits per heavy atom. The van der Waals surface area contributed by atoms with Crippen molar-refractivity contribution in [1.29, 1.82) is 5.26 Å². The molecule has 1 saturated heterocycles. The summed E-state index contributed by atoms with van der Waals surface area (Å²) in [6.07, 6.45) is 1.48. The number of hydrogen-bond acceptors (Lipinski definition) is 4. The van der Waals surface area contributed by atoms with Gasteiger partial charge in [0.1, 0.15) is 5.75 Å². The standard InChI is InChI=1S/C14H18N2O2/c1-18-14-3-2-11(9-15)8-12(14)10-16-6-4-13(17)5-7-16/h2-3,8,13,17H,4-7,10H2,1H3. The number of likely N-dealkylation sites (tertiary alicyclic amines) is 1. The van der Waals surface area contributed by atoms with Crippen molar-refractivity contribution < 1.29 is 9.84 Å². The molecule has 0 aliphatic carbocycles. The lowest BCUT2D eigenvalue weighted by molar-refractivity contribution is 0.0789. The van der Waals surface area contributed by atoms with Crippen LogP contribution in [0.1, 0.15) is 24.0 Å². The third-order valence-electron chi connectivity index (χ3n) is 3.36. The number of aliphatic hydroxyl groups excluding tert-OH is 1. The maximum Gasteiger partial charge on any atom is 0.123 e. The van der Waals surface area contributed by atoms with E-state index in [1.165, 1.54) is 0 Å². The minimum atomic E-state index is -0.159. The predicted octanol–water partition coefficient (Wildman–Crippen LogP) is 1.52. The van der Waals surface area contributed by atoms with Crippen LogP contribution in [0.15, 0.2) is 18.2 Å². The Bertz CT molecular complexity index is 446. The third kappa shape index (κ3) is 3.00. The monoisotopic (exact) mass is 246 g/mol. The van der Waals surface area contributed by atoms with E-state index >= 15 is 0 Å². The van der Waals surface area contributed by atoms with Gasteiger partial charge in [0.05, 0.1) is 24.8 Å².